The monoisotopic (exact) mass is 349 g/mol. The zero-order valence-corrected chi connectivity index (χ0v) is 13.0. The summed E-state index contributed by atoms with van der Waals surface area (Å²) in [6.45, 7) is 5.17. The number of halogens is 1. The average Bonchev–Trinajstić information content (AvgIpc) is 2.21. The van der Waals surface area contributed by atoms with E-state index in [2.05, 4.69) is 51.3 Å². The molecule has 5 heteroatoms. The first-order valence-corrected chi connectivity index (χ1v) is 6.90. The minimum Gasteiger partial charge on any atom is -0.310 e. The zero-order chi connectivity index (χ0) is 13.0. The lowest BCUT2D eigenvalue weighted by Crippen LogP contribution is -2.22. The van der Waals surface area contributed by atoms with E-state index in [4.69, 9.17) is 0 Å². The summed E-state index contributed by atoms with van der Waals surface area (Å²) in [5.41, 5.74) is 0.920. The summed E-state index contributed by atoms with van der Waals surface area (Å²) in [5.74, 6) is 1.30. The Hall–Kier alpha value is -0.430. The van der Waals surface area contributed by atoms with Gasteiger partial charge in [0.25, 0.3) is 5.56 Å². The van der Waals surface area contributed by atoms with Crippen molar-refractivity contribution in [2.45, 2.75) is 26.7 Å². The molecule has 0 unspecified atom stereocenters. The van der Waals surface area contributed by atoms with E-state index in [0.717, 1.165) is 34.5 Å². The van der Waals surface area contributed by atoms with Gasteiger partial charge in [0.15, 0.2) is 0 Å². The molecule has 0 saturated carbocycles. The highest BCUT2D eigenvalue weighted by atomic mass is 127. The molecule has 4 nitrogen and oxygen atoms in total. The van der Waals surface area contributed by atoms with Gasteiger partial charge in [-0.25, -0.2) is 4.98 Å². The summed E-state index contributed by atoms with van der Waals surface area (Å²) in [4.78, 5) is 21.3. The fraction of sp³-hybridized carbons (Fsp3) is 0.667. The number of nitrogens with one attached hydrogen (secondary N) is 1. The van der Waals surface area contributed by atoms with Gasteiger partial charge in [-0.1, -0.05) is 13.8 Å². The van der Waals surface area contributed by atoms with Gasteiger partial charge in [0.2, 0.25) is 0 Å². The Morgan fingerprint density at radius 2 is 2.06 bits per heavy atom. The molecule has 1 N–H and O–H groups in total. The molecule has 0 aliphatic heterocycles. The highest BCUT2D eigenvalue weighted by Crippen LogP contribution is 2.10. The fourth-order valence-electron chi connectivity index (χ4n) is 1.53. The molecule has 0 fully saturated rings. The van der Waals surface area contributed by atoms with Crippen LogP contribution in [0.4, 0.5) is 0 Å². The SMILES string of the molecule is CC(C)Cc1nc(CCN(C)C)[nH]c(=O)c1I. The van der Waals surface area contributed by atoms with Gasteiger partial charge in [-0.3, -0.25) is 4.79 Å². The number of aromatic amines is 1. The van der Waals surface area contributed by atoms with Crippen molar-refractivity contribution >= 4 is 22.6 Å². The number of rotatable bonds is 5. The molecular formula is C12H20IN3O. The van der Waals surface area contributed by atoms with Crippen LogP contribution >= 0.6 is 22.6 Å². The highest BCUT2D eigenvalue weighted by Gasteiger charge is 2.10. The number of H-pyrrole nitrogens is 1. The maximum Gasteiger partial charge on any atom is 0.264 e. The smallest absolute Gasteiger partial charge is 0.264 e. The van der Waals surface area contributed by atoms with Crippen molar-refractivity contribution < 1.29 is 0 Å². The Kier molecular flexibility index (Phi) is 5.58. The van der Waals surface area contributed by atoms with Crippen LogP contribution in [0.3, 0.4) is 0 Å². The maximum atomic E-state index is 11.8. The van der Waals surface area contributed by atoms with Crippen LogP contribution < -0.4 is 5.56 Å². The van der Waals surface area contributed by atoms with E-state index < -0.39 is 0 Å². The average molecular weight is 349 g/mol. The standard InChI is InChI=1S/C12H20IN3O/c1-8(2)7-9-11(13)12(17)15-10(14-9)5-6-16(3)4/h8H,5-7H2,1-4H3,(H,14,15,17). The number of hydrogen-bond donors (Lipinski definition) is 1. The van der Waals surface area contributed by atoms with Crippen molar-refractivity contribution in [3.05, 3.63) is 25.4 Å². The Bertz CT molecular complexity index is 426. The maximum absolute atomic E-state index is 11.8. The van der Waals surface area contributed by atoms with Crippen LogP contribution in [-0.2, 0) is 12.8 Å². The van der Waals surface area contributed by atoms with Gasteiger partial charge < -0.3 is 9.88 Å². The fourth-order valence-corrected chi connectivity index (χ4v) is 2.00. The lowest BCUT2D eigenvalue weighted by molar-refractivity contribution is 0.408. The predicted molar refractivity (Wildman–Crippen MR) is 78.4 cm³/mol. The second-order valence-electron chi connectivity index (χ2n) is 4.92. The van der Waals surface area contributed by atoms with E-state index in [1.807, 2.05) is 14.1 Å². The quantitative estimate of drug-likeness (QED) is 0.823. The molecule has 1 aromatic heterocycles. The van der Waals surface area contributed by atoms with E-state index in [-0.39, 0.29) is 5.56 Å². The number of hydrogen-bond acceptors (Lipinski definition) is 3. The van der Waals surface area contributed by atoms with Gasteiger partial charge in [0, 0.05) is 13.0 Å². The molecule has 1 rings (SSSR count). The topological polar surface area (TPSA) is 49.0 Å². The molecule has 17 heavy (non-hydrogen) atoms. The molecule has 0 aliphatic carbocycles. The second-order valence-corrected chi connectivity index (χ2v) is 6.00. The Labute approximate surface area is 116 Å². The predicted octanol–water partition coefficient (Wildman–Crippen LogP) is 1.68. The minimum atomic E-state index is -0.00925. The summed E-state index contributed by atoms with van der Waals surface area (Å²) < 4.78 is 0.727. The van der Waals surface area contributed by atoms with Crippen LogP contribution in [0.2, 0.25) is 0 Å². The number of aromatic nitrogens is 2. The Balaban J connectivity index is 2.93. The highest BCUT2D eigenvalue weighted by molar-refractivity contribution is 14.1. The van der Waals surface area contributed by atoms with Gasteiger partial charge in [-0.05, 0) is 49.0 Å². The first-order valence-electron chi connectivity index (χ1n) is 5.82. The molecule has 0 atom stereocenters. The molecule has 0 amide bonds. The van der Waals surface area contributed by atoms with Crippen LogP contribution in [0.15, 0.2) is 4.79 Å². The first kappa shape index (κ1) is 14.6. The van der Waals surface area contributed by atoms with Crippen molar-refractivity contribution in [3.63, 3.8) is 0 Å². The van der Waals surface area contributed by atoms with Crippen molar-refractivity contribution in [1.29, 1.82) is 0 Å². The van der Waals surface area contributed by atoms with Gasteiger partial charge in [0.05, 0.1) is 9.26 Å². The Morgan fingerprint density at radius 1 is 1.41 bits per heavy atom. The van der Waals surface area contributed by atoms with Crippen LogP contribution in [0, 0.1) is 9.49 Å². The van der Waals surface area contributed by atoms with Gasteiger partial charge in [-0.2, -0.15) is 0 Å². The third-order valence-electron chi connectivity index (χ3n) is 2.38. The number of likely N-dealkylation sites (N-methyl/N-ethyl adjacent to an activating group) is 1. The molecular weight excluding hydrogens is 329 g/mol. The van der Waals surface area contributed by atoms with E-state index in [0.29, 0.717) is 5.92 Å². The molecule has 0 radical (unpaired) electrons. The van der Waals surface area contributed by atoms with E-state index in [1.54, 1.807) is 0 Å². The molecule has 1 aromatic rings. The zero-order valence-electron chi connectivity index (χ0n) is 10.9. The third-order valence-corrected chi connectivity index (χ3v) is 3.49. The van der Waals surface area contributed by atoms with Crippen molar-refractivity contribution in [3.8, 4) is 0 Å². The second kappa shape index (κ2) is 6.49. The summed E-state index contributed by atoms with van der Waals surface area (Å²) >= 11 is 2.08. The molecule has 0 aliphatic rings. The summed E-state index contributed by atoms with van der Waals surface area (Å²) in [6, 6.07) is 0. The molecule has 0 bridgehead atoms. The molecule has 96 valence electrons. The normalized spacial score (nSPS) is 11.5. The van der Waals surface area contributed by atoms with Gasteiger partial charge in [0.1, 0.15) is 5.82 Å². The number of nitrogens with zero attached hydrogens (tertiary/aromatic N) is 2. The molecule has 1 heterocycles. The van der Waals surface area contributed by atoms with Crippen LogP contribution in [0.1, 0.15) is 25.4 Å². The van der Waals surface area contributed by atoms with Crippen LogP contribution in [0.25, 0.3) is 0 Å². The van der Waals surface area contributed by atoms with E-state index in [9.17, 15) is 4.79 Å². The van der Waals surface area contributed by atoms with Crippen LogP contribution in [-0.4, -0.2) is 35.5 Å². The Morgan fingerprint density at radius 3 is 2.59 bits per heavy atom. The third kappa shape index (κ3) is 4.75. The first-order chi connectivity index (χ1) is 7.90. The lowest BCUT2D eigenvalue weighted by Gasteiger charge is -2.11. The van der Waals surface area contributed by atoms with Crippen molar-refractivity contribution in [2.24, 2.45) is 5.92 Å². The van der Waals surface area contributed by atoms with Gasteiger partial charge in [-0.15, -0.1) is 0 Å². The van der Waals surface area contributed by atoms with Crippen molar-refractivity contribution in [1.82, 2.24) is 14.9 Å². The summed E-state index contributed by atoms with van der Waals surface area (Å²) in [5, 5.41) is 0. The summed E-state index contributed by atoms with van der Waals surface area (Å²) in [6.07, 6.45) is 1.64. The van der Waals surface area contributed by atoms with Gasteiger partial charge >= 0.3 is 0 Å². The molecule has 0 aromatic carbocycles. The lowest BCUT2D eigenvalue weighted by atomic mass is 10.1. The minimum absolute atomic E-state index is 0.00925. The van der Waals surface area contributed by atoms with E-state index in [1.165, 1.54) is 0 Å². The van der Waals surface area contributed by atoms with Crippen LogP contribution in [0.5, 0.6) is 0 Å². The van der Waals surface area contributed by atoms with E-state index >= 15 is 0 Å². The molecule has 0 spiro atoms. The van der Waals surface area contributed by atoms with Crippen molar-refractivity contribution in [2.75, 3.05) is 20.6 Å². The summed E-state index contributed by atoms with van der Waals surface area (Å²) in [7, 11) is 4.03. The largest absolute Gasteiger partial charge is 0.310 e. The molecule has 0 saturated heterocycles.